The van der Waals surface area contributed by atoms with Gasteiger partial charge in [0.2, 0.25) is 0 Å². The molecule has 0 bridgehead atoms. The van der Waals surface area contributed by atoms with Crippen molar-refractivity contribution in [1.82, 2.24) is 0 Å². The zero-order valence-corrected chi connectivity index (χ0v) is 10.5. The largest absolute Gasteiger partial charge is 0.141 e. The Kier molecular flexibility index (Phi) is 3.05. The van der Waals surface area contributed by atoms with Gasteiger partial charge in [-0.3, -0.25) is 0 Å². The Morgan fingerprint density at radius 3 is 2.86 bits per heavy atom. The van der Waals surface area contributed by atoms with Crippen LogP contribution < -0.4 is 0 Å². The molecule has 0 saturated heterocycles. The number of rotatable bonds is 2. The molecule has 0 N–H and O–H groups in total. The minimum Gasteiger partial charge on any atom is -0.141 e. The van der Waals surface area contributed by atoms with Gasteiger partial charge in [0, 0.05) is 15.7 Å². The maximum atomic E-state index is 6.16. The van der Waals surface area contributed by atoms with Gasteiger partial charge in [0.25, 0.3) is 0 Å². The summed E-state index contributed by atoms with van der Waals surface area (Å²) in [5.41, 5.74) is 1.40. The summed E-state index contributed by atoms with van der Waals surface area (Å²) in [6, 6.07) is 4.14. The zero-order chi connectivity index (χ0) is 10.1. The average Bonchev–Trinajstić information content (AvgIpc) is 2.63. The van der Waals surface area contributed by atoms with Crippen molar-refractivity contribution in [3.05, 3.63) is 28.1 Å². The molecule has 1 heterocycles. The number of benzene rings is 1. The standard InChI is InChI=1S/C11H11ClS2/c1-3-7-4-5-8(12)11-10(7)9(13-2)6-14-11/h4-6H,3H2,1-2H3. The molecule has 0 amide bonds. The van der Waals surface area contributed by atoms with Crippen molar-refractivity contribution in [2.45, 2.75) is 18.2 Å². The molecule has 0 spiro atoms. The van der Waals surface area contributed by atoms with E-state index < -0.39 is 0 Å². The second kappa shape index (κ2) is 4.13. The van der Waals surface area contributed by atoms with Gasteiger partial charge < -0.3 is 0 Å². The molecule has 1 aromatic heterocycles. The van der Waals surface area contributed by atoms with Gasteiger partial charge in [-0.2, -0.15) is 0 Å². The highest BCUT2D eigenvalue weighted by atomic mass is 35.5. The number of fused-ring (bicyclic) bond motifs is 1. The topological polar surface area (TPSA) is 0 Å². The van der Waals surface area contributed by atoms with Crippen LogP contribution in [-0.4, -0.2) is 6.26 Å². The van der Waals surface area contributed by atoms with Crippen molar-refractivity contribution in [1.29, 1.82) is 0 Å². The minimum absolute atomic E-state index is 0.877. The van der Waals surface area contributed by atoms with E-state index in [9.17, 15) is 0 Å². The molecule has 0 unspecified atom stereocenters. The van der Waals surface area contributed by atoms with Gasteiger partial charge in [0.15, 0.2) is 0 Å². The van der Waals surface area contributed by atoms with Crippen LogP contribution in [0.2, 0.25) is 5.02 Å². The SMILES string of the molecule is CCc1ccc(Cl)c2scc(SC)c12. The minimum atomic E-state index is 0.877. The van der Waals surface area contributed by atoms with Crippen LogP contribution in [0.1, 0.15) is 12.5 Å². The molecule has 2 aromatic rings. The lowest BCUT2D eigenvalue weighted by molar-refractivity contribution is 1.16. The number of thioether (sulfide) groups is 1. The summed E-state index contributed by atoms with van der Waals surface area (Å²) in [5, 5.41) is 4.43. The third-order valence-electron chi connectivity index (χ3n) is 2.33. The molecule has 2 rings (SSSR count). The van der Waals surface area contributed by atoms with Gasteiger partial charge in [0.05, 0.1) is 9.72 Å². The highest BCUT2D eigenvalue weighted by Crippen LogP contribution is 2.38. The first-order chi connectivity index (χ1) is 6.77. The van der Waals surface area contributed by atoms with E-state index in [2.05, 4.69) is 24.6 Å². The van der Waals surface area contributed by atoms with E-state index in [1.54, 1.807) is 23.1 Å². The maximum Gasteiger partial charge on any atom is 0.0584 e. The summed E-state index contributed by atoms with van der Waals surface area (Å²) in [4.78, 5) is 1.35. The average molecular weight is 243 g/mol. The fourth-order valence-electron chi connectivity index (χ4n) is 1.60. The molecule has 74 valence electrons. The van der Waals surface area contributed by atoms with E-state index in [-0.39, 0.29) is 0 Å². The second-order valence-electron chi connectivity index (χ2n) is 3.07. The lowest BCUT2D eigenvalue weighted by atomic mass is 10.1. The number of halogens is 1. The lowest BCUT2D eigenvalue weighted by Gasteiger charge is -2.03. The molecule has 0 nitrogen and oxygen atoms in total. The number of hydrogen-bond donors (Lipinski definition) is 0. The molecule has 0 saturated carbocycles. The summed E-state index contributed by atoms with van der Waals surface area (Å²) < 4.78 is 1.23. The van der Waals surface area contributed by atoms with Crippen molar-refractivity contribution in [2.75, 3.05) is 6.26 Å². The molecule has 1 aromatic carbocycles. The molecule has 0 aliphatic rings. The molecule has 3 heteroatoms. The lowest BCUT2D eigenvalue weighted by Crippen LogP contribution is -1.82. The van der Waals surface area contributed by atoms with Crippen LogP contribution in [0.4, 0.5) is 0 Å². The predicted molar refractivity (Wildman–Crippen MR) is 68.0 cm³/mol. The number of aryl methyl sites for hydroxylation is 1. The normalized spacial score (nSPS) is 11.1. The Bertz CT molecular complexity index is 460. The summed E-state index contributed by atoms with van der Waals surface area (Å²) in [6.45, 7) is 2.18. The summed E-state index contributed by atoms with van der Waals surface area (Å²) in [6.07, 6.45) is 3.18. The summed E-state index contributed by atoms with van der Waals surface area (Å²) in [7, 11) is 0. The number of thiophene rings is 1. The molecule has 0 aliphatic heterocycles. The van der Waals surface area contributed by atoms with Crippen LogP contribution in [0.15, 0.2) is 22.4 Å². The molecular weight excluding hydrogens is 232 g/mol. The highest BCUT2D eigenvalue weighted by molar-refractivity contribution is 7.99. The third-order valence-corrected chi connectivity index (χ3v) is 4.68. The highest BCUT2D eigenvalue weighted by Gasteiger charge is 2.09. The van der Waals surface area contributed by atoms with Gasteiger partial charge in [0.1, 0.15) is 0 Å². The molecule has 0 aliphatic carbocycles. The molecule has 0 atom stereocenters. The van der Waals surface area contributed by atoms with Crippen molar-refractivity contribution in [2.24, 2.45) is 0 Å². The van der Waals surface area contributed by atoms with Gasteiger partial charge in [-0.05, 0) is 24.3 Å². The molecule has 0 radical (unpaired) electrons. The van der Waals surface area contributed by atoms with Gasteiger partial charge in [-0.15, -0.1) is 23.1 Å². The number of hydrogen-bond acceptors (Lipinski definition) is 2. The first-order valence-electron chi connectivity index (χ1n) is 4.50. The summed E-state index contributed by atoms with van der Waals surface area (Å²) >= 11 is 9.69. The molecule has 14 heavy (non-hydrogen) atoms. The third kappa shape index (κ3) is 1.56. The van der Waals surface area contributed by atoms with Crippen molar-refractivity contribution in [3.8, 4) is 0 Å². The maximum absolute atomic E-state index is 6.16. The van der Waals surface area contributed by atoms with Crippen LogP contribution >= 0.6 is 34.7 Å². The predicted octanol–water partition coefficient (Wildman–Crippen LogP) is 4.84. The van der Waals surface area contributed by atoms with Gasteiger partial charge >= 0.3 is 0 Å². The summed E-state index contributed by atoms with van der Waals surface area (Å²) in [5.74, 6) is 0. The van der Waals surface area contributed by atoms with Crippen LogP contribution in [0.5, 0.6) is 0 Å². The van der Waals surface area contributed by atoms with Crippen molar-refractivity contribution in [3.63, 3.8) is 0 Å². The van der Waals surface area contributed by atoms with Gasteiger partial charge in [-0.25, -0.2) is 0 Å². The van der Waals surface area contributed by atoms with Crippen LogP contribution in [-0.2, 0) is 6.42 Å². The molecule has 0 fully saturated rings. The van der Waals surface area contributed by atoms with Crippen molar-refractivity contribution >= 4 is 44.8 Å². The van der Waals surface area contributed by atoms with Crippen molar-refractivity contribution < 1.29 is 0 Å². The van der Waals surface area contributed by atoms with E-state index >= 15 is 0 Å². The Morgan fingerprint density at radius 1 is 1.43 bits per heavy atom. The quantitative estimate of drug-likeness (QED) is 0.679. The van der Waals surface area contributed by atoms with Crippen LogP contribution in [0, 0.1) is 0 Å². The van der Waals surface area contributed by atoms with Crippen LogP contribution in [0.25, 0.3) is 10.1 Å². The Hall–Kier alpha value is -0.180. The molecular formula is C11H11ClS2. The van der Waals surface area contributed by atoms with E-state index in [1.807, 2.05) is 6.07 Å². The zero-order valence-electron chi connectivity index (χ0n) is 8.13. The van der Waals surface area contributed by atoms with E-state index in [1.165, 1.54) is 20.5 Å². The van der Waals surface area contributed by atoms with E-state index in [0.717, 1.165) is 11.4 Å². The Morgan fingerprint density at radius 2 is 2.21 bits per heavy atom. The first kappa shape index (κ1) is 10.3. The second-order valence-corrected chi connectivity index (χ2v) is 5.20. The smallest absolute Gasteiger partial charge is 0.0584 e. The fraction of sp³-hybridized carbons (Fsp3) is 0.273. The van der Waals surface area contributed by atoms with E-state index in [4.69, 9.17) is 11.6 Å². The van der Waals surface area contributed by atoms with Gasteiger partial charge in [-0.1, -0.05) is 24.6 Å². The first-order valence-corrected chi connectivity index (χ1v) is 6.98. The van der Waals surface area contributed by atoms with Crippen LogP contribution in [0.3, 0.4) is 0 Å². The Balaban J connectivity index is 2.82. The monoisotopic (exact) mass is 242 g/mol. The Labute approximate surface area is 97.3 Å². The fourth-order valence-corrected chi connectivity index (χ4v) is 3.80. The van der Waals surface area contributed by atoms with E-state index in [0.29, 0.717) is 0 Å².